The van der Waals surface area contributed by atoms with E-state index in [9.17, 15) is 13.2 Å². The fourth-order valence-corrected chi connectivity index (χ4v) is 3.59. The van der Waals surface area contributed by atoms with Crippen LogP contribution in [0.2, 0.25) is 0 Å². The Balaban J connectivity index is 2.13. The summed E-state index contributed by atoms with van der Waals surface area (Å²) in [5, 5.41) is 3.41. The number of anilines is 2. The van der Waals surface area contributed by atoms with Crippen molar-refractivity contribution in [3.63, 3.8) is 0 Å². The highest BCUT2D eigenvalue weighted by molar-refractivity contribution is 7.98. The van der Waals surface area contributed by atoms with E-state index in [4.69, 9.17) is 12.2 Å². The summed E-state index contributed by atoms with van der Waals surface area (Å²) in [7, 11) is -3.32. The first-order valence-electron chi connectivity index (χ1n) is 7.12. The quantitative estimate of drug-likeness (QED) is 0.710. The van der Waals surface area contributed by atoms with Crippen LogP contribution in [0.25, 0.3) is 0 Å². The first-order chi connectivity index (χ1) is 10.9. The Bertz CT molecular complexity index is 689. The minimum absolute atomic E-state index is 0.00445. The maximum Gasteiger partial charge on any atom is 0.255 e. The van der Waals surface area contributed by atoms with Crippen molar-refractivity contribution < 1.29 is 13.2 Å². The molecule has 0 saturated carbocycles. The first-order valence-corrected chi connectivity index (χ1v) is 10.6. The Labute approximate surface area is 146 Å². The van der Waals surface area contributed by atoms with Crippen molar-refractivity contribution in [2.45, 2.75) is 19.4 Å². The zero-order valence-electron chi connectivity index (χ0n) is 12.9. The van der Waals surface area contributed by atoms with Gasteiger partial charge in [0.1, 0.15) is 6.04 Å². The molecule has 1 aromatic rings. The van der Waals surface area contributed by atoms with Crippen molar-refractivity contribution in [1.29, 1.82) is 0 Å². The zero-order chi connectivity index (χ0) is 17.0. The molecule has 0 radical (unpaired) electrons. The Kier molecular flexibility index (Phi) is 5.88. The molecular weight excluding hydrogens is 354 g/mol. The molecule has 1 heterocycles. The van der Waals surface area contributed by atoms with Crippen LogP contribution in [0.5, 0.6) is 0 Å². The molecule has 0 unspecified atom stereocenters. The number of nitrogens with one attached hydrogen (secondary N) is 2. The summed E-state index contributed by atoms with van der Waals surface area (Å²) in [5.74, 6) is 0.799. The van der Waals surface area contributed by atoms with E-state index in [-0.39, 0.29) is 17.7 Å². The smallest absolute Gasteiger partial charge is 0.255 e. The van der Waals surface area contributed by atoms with Gasteiger partial charge in [0.05, 0.1) is 11.4 Å². The van der Waals surface area contributed by atoms with Crippen LogP contribution in [0, 0.1) is 0 Å². The van der Waals surface area contributed by atoms with Crippen LogP contribution in [0.15, 0.2) is 24.3 Å². The minimum atomic E-state index is -3.32. The summed E-state index contributed by atoms with van der Waals surface area (Å²) in [6, 6.07) is 6.29. The van der Waals surface area contributed by atoms with E-state index in [1.807, 2.05) is 6.26 Å². The van der Waals surface area contributed by atoms with Gasteiger partial charge in [-0.1, -0.05) is 0 Å². The lowest BCUT2D eigenvalue weighted by atomic mass is 10.2. The molecule has 1 aliphatic rings. The summed E-state index contributed by atoms with van der Waals surface area (Å²) < 4.78 is 25.6. The normalized spacial score (nSPS) is 18.2. The standard InChI is InChI=1S/C14H19N3O3S3/c1-3-23(19,20)16-10-4-6-11(7-5-10)17-13(18)12(8-9-22-2)15-14(17)21/h4-7,12,16H,3,8-9H2,1-2H3,(H,15,21)/t12-/m0/s1. The van der Waals surface area contributed by atoms with Gasteiger partial charge < -0.3 is 5.32 Å². The molecule has 9 heteroatoms. The van der Waals surface area contributed by atoms with Crippen LogP contribution >= 0.6 is 24.0 Å². The Morgan fingerprint density at radius 3 is 2.57 bits per heavy atom. The molecule has 1 saturated heterocycles. The van der Waals surface area contributed by atoms with Crippen LogP contribution in [0.4, 0.5) is 11.4 Å². The summed E-state index contributed by atoms with van der Waals surface area (Å²) >= 11 is 6.92. The van der Waals surface area contributed by atoms with Crippen molar-refractivity contribution in [2.75, 3.05) is 27.4 Å². The van der Waals surface area contributed by atoms with Crippen molar-refractivity contribution in [3.05, 3.63) is 24.3 Å². The molecule has 2 N–H and O–H groups in total. The molecule has 0 bridgehead atoms. The van der Waals surface area contributed by atoms with Crippen LogP contribution < -0.4 is 14.9 Å². The number of nitrogens with zero attached hydrogens (tertiary/aromatic N) is 1. The largest absolute Gasteiger partial charge is 0.350 e. The van der Waals surface area contributed by atoms with E-state index < -0.39 is 10.0 Å². The molecule has 1 amide bonds. The summed E-state index contributed by atoms with van der Waals surface area (Å²) in [5.41, 5.74) is 1.08. The average Bonchev–Trinajstić information content (AvgIpc) is 2.80. The van der Waals surface area contributed by atoms with Gasteiger partial charge in [0.15, 0.2) is 5.11 Å². The van der Waals surface area contributed by atoms with E-state index in [1.54, 1.807) is 43.0 Å². The summed E-state index contributed by atoms with van der Waals surface area (Å²) in [4.78, 5) is 13.9. The van der Waals surface area contributed by atoms with Crippen LogP contribution in [-0.2, 0) is 14.8 Å². The molecule has 2 rings (SSSR count). The average molecular weight is 374 g/mol. The fraction of sp³-hybridized carbons (Fsp3) is 0.429. The summed E-state index contributed by atoms with van der Waals surface area (Å²) in [6.07, 6.45) is 2.70. The molecule has 1 aromatic carbocycles. The highest BCUT2D eigenvalue weighted by Gasteiger charge is 2.35. The van der Waals surface area contributed by atoms with Gasteiger partial charge >= 0.3 is 0 Å². The number of hydrogen-bond donors (Lipinski definition) is 2. The Morgan fingerprint density at radius 2 is 2.00 bits per heavy atom. The topological polar surface area (TPSA) is 78.5 Å². The van der Waals surface area contributed by atoms with Gasteiger partial charge in [-0.05, 0) is 61.8 Å². The van der Waals surface area contributed by atoms with E-state index in [1.165, 1.54) is 4.90 Å². The molecule has 0 spiro atoms. The molecule has 1 atom stereocenters. The van der Waals surface area contributed by atoms with Crippen molar-refractivity contribution >= 4 is 56.4 Å². The highest BCUT2D eigenvalue weighted by Crippen LogP contribution is 2.23. The number of amides is 1. The lowest BCUT2D eigenvalue weighted by Crippen LogP contribution is -2.31. The third kappa shape index (κ3) is 4.36. The van der Waals surface area contributed by atoms with Crippen molar-refractivity contribution in [2.24, 2.45) is 0 Å². The van der Waals surface area contributed by atoms with Gasteiger partial charge in [-0.15, -0.1) is 0 Å². The number of thioether (sulfide) groups is 1. The van der Waals surface area contributed by atoms with Gasteiger partial charge in [0, 0.05) is 5.69 Å². The predicted octanol–water partition coefficient (Wildman–Crippen LogP) is 1.79. The van der Waals surface area contributed by atoms with Gasteiger partial charge in [-0.3, -0.25) is 14.4 Å². The third-order valence-electron chi connectivity index (χ3n) is 3.41. The van der Waals surface area contributed by atoms with Gasteiger partial charge in [-0.25, -0.2) is 8.42 Å². The summed E-state index contributed by atoms with van der Waals surface area (Å²) in [6.45, 7) is 1.57. The Morgan fingerprint density at radius 1 is 1.35 bits per heavy atom. The molecule has 0 aromatic heterocycles. The maximum absolute atomic E-state index is 12.4. The molecule has 23 heavy (non-hydrogen) atoms. The predicted molar refractivity (Wildman–Crippen MR) is 99.5 cm³/mol. The second-order valence-electron chi connectivity index (χ2n) is 5.01. The van der Waals surface area contributed by atoms with Crippen LogP contribution in [-0.4, -0.2) is 43.2 Å². The second kappa shape index (κ2) is 7.50. The zero-order valence-corrected chi connectivity index (χ0v) is 15.4. The van der Waals surface area contributed by atoms with Gasteiger partial charge in [0.2, 0.25) is 10.0 Å². The second-order valence-corrected chi connectivity index (χ2v) is 8.39. The number of rotatable bonds is 7. The highest BCUT2D eigenvalue weighted by atomic mass is 32.2. The van der Waals surface area contributed by atoms with E-state index >= 15 is 0 Å². The third-order valence-corrected chi connectivity index (χ3v) is 5.66. The number of carbonyl (C=O) groups excluding carboxylic acids is 1. The van der Waals surface area contributed by atoms with Crippen LogP contribution in [0.1, 0.15) is 13.3 Å². The lowest BCUT2D eigenvalue weighted by molar-refractivity contribution is -0.118. The van der Waals surface area contributed by atoms with E-state index in [0.29, 0.717) is 22.9 Å². The maximum atomic E-state index is 12.4. The SMILES string of the molecule is CCS(=O)(=O)Nc1ccc(N2C(=O)[C@H](CCSC)NC2=S)cc1. The molecular formula is C14H19N3O3S3. The van der Waals surface area contributed by atoms with E-state index in [2.05, 4.69) is 10.0 Å². The molecule has 1 aliphatic heterocycles. The molecule has 1 fully saturated rings. The molecule has 126 valence electrons. The van der Waals surface area contributed by atoms with E-state index in [0.717, 1.165) is 5.75 Å². The van der Waals surface area contributed by atoms with Gasteiger partial charge in [0.25, 0.3) is 5.91 Å². The monoisotopic (exact) mass is 373 g/mol. The number of thiocarbonyl (C=S) groups is 1. The molecule has 6 nitrogen and oxygen atoms in total. The minimum Gasteiger partial charge on any atom is -0.350 e. The lowest BCUT2D eigenvalue weighted by Gasteiger charge is -2.15. The fourth-order valence-electron chi connectivity index (χ4n) is 2.14. The Hall–Kier alpha value is -1.32. The van der Waals surface area contributed by atoms with Crippen molar-refractivity contribution in [3.8, 4) is 0 Å². The molecule has 0 aliphatic carbocycles. The van der Waals surface area contributed by atoms with Gasteiger partial charge in [-0.2, -0.15) is 11.8 Å². The number of benzene rings is 1. The van der Waals surface area contributed by atoms with Crippen LogP contribution in [0.3, 0.4) is 0 Å². The number of hydrogen-bond acceptors (Lipinski definition) is 5. The first kappa shape index (κ1) is 18.0. The van der Waals surface area contributed by atoms with Crippen molar-refractivity contribution in [1.82, 2.24) is 5.32 Å². The number of sulfonamides is 1. The number of carbonyl (C=O) groups is 1.